The first kappa shape index (κ1) is 23.1. The lowest BCUT2D eigenvalue weighted by Gasteiger charge is -2.12. The highest BCUT2D eigenvalue weighted by molar-refractivity contribution is 9.10. The van der Waals surface area contributed by atoms with E-state index in [0.717, 1.165) is 32.6 Å². The summed E-state index contributed by atoms with van der Waals surface area (Å²) in [6.45, 7) is 0. The Balaban J connectivity index is 1.40. The predicted molar refractivity (Wildman–Crippen MR) is 159 cm³/mol. The van der Waals surface area contributed by atoms with E-state index in [1.807, 2.05) is 12.1 Å². The molecule has 37 heavy (non-hydrogen) atoms. The molecule has 0 aliphatic carbocycles. The standard InChI is InChI=1S/C35H24BrN/c36-33-16-8-15-31(22-33)26-19-17-25(18-20-26)29-13-7-14-30(21-29)32-23-34(27-9-3-1-4-10-27)37-35(24-32)28-11-5-2-6-12-28/h1-24H. The first-order chi connectivity index (χ1) is 18.2. The van der Waals surface area contributed by atoms with Crippen molar-refractivity contribution in [1.82, 2.24) is 4.98 Å². The van der Waals surface area contributed by atoms with Crippen LogP contribution in [0.1, 0.15) is 0 Å². The van der Waals surface area contributed by atoms with Crippen LogP contribution in [0.2, 0.25) is 0 Å². The number of benzene rings is 5. The van der Waals surface area contributed by atoms with Gasteiger partial charge in [0.25, 0.3) is 0 Å². The fourth-order valence-corrected chi connectivity index (χ4v) is 5.01. The Hall–Kier alpha value is -4.27. The molecule has 0 unspecified atom stereocenters. The molecule has 0 aliphatic rings. The maximum Gasteiger partial charge on any atom is 0.0715 e. The lowest BCUT2D eigenvalue weighted by molar-refractivity contribution is 1.32. The van der Waals surface area contributed by atoms with Gasteiger partial charge in [0.05, 0.1) is 11.4 Å². The molecule has 0 bridgehead atoms. The van der Waals surface area contributed by atoms with Gasteiger partial charge in [-0.2, -0.15) is 0 Å². The van der Waals surface area contributed by atoms with Gasteiger partial charge in [0.15, 0.2) is 0 Å². The summed E-state index contributed by atoms with van der Waals surface area (Å²) in [6, 6.07) is 51.1. The maximum absolute atomic E-state index is 5.02. The Morgan fingerprint density at radius 3 is 1.27 bits per heavy atom. The highest BCUT2D eigenvalue weighted by Gasteiger charge is 2.10. The molecule has 0 atom stereocenters. The topological polar surface area (TPSA) is 12.9 Å². The smallest absolute Gasteiger partial charge is 0.0715 e. The number of aromatic nitrogens is 1. The van der Waals surface area contributed by atoms with Crippen molar-refractivity contribution in [3.8, 4) is 55.9 Å². The molecule has 0 amide bonds. The van der Waals surface area contributed by atoms with Gasteiger partial charge in [-0.1, -0.05) is 131 Å². The van der Waals surface area contributed by atoms with E-state index >= 15 is 0 Å². The van der Waals surface area contributed by atoms with Crippen LogP contribution in [0, 0.1) is 0 Å². The summed E-state index contributed by atoms with van der Waals surface area (Å²) in [4.78, 5) is 5.02. The van der Waals surface area contributed by atoms with Gasteiger partial charge >= 0.3 is 0 Å². The Labute approximate surface area is 226 Å². The molecule has 6 aromatic rings. The molecule has 0 N–H and O–H groups in total. The Morgan fingerprint density at radius 2 is 0.757 bits per heavy atom. The van der Waals surface area contributed by atoms with E-state index in [-0.39, 0.29) is 0 Å². The Morgan fingerprint density at radius 1 is 0.324 bits per heavy atom. The minimum Gasteiger partial charge on any atom is -0.248 e. The molecule has 0 fully saturated rings. The van der Waals surface area contributed by atoms with Crippen LogP contribution in [-0.2, 0) is 0 Å². The van der Waals surface area contributed by atoms with Crippen molar-refractivity contribution in [3.05, 3.63) is 150 Å². The molecule has 1 heterocycles. The van der Waals surface area contributed by atoms with Crippen molar-refractivity contribution >= 4 is 15.9 Å². The third kappa shape index (κ3) is 5.16. The third-order valence-corrected chi connectivity index (χ3v) is 7.03. The van der Waals surface area contributed by atoms with Gasteiger partial charge in [-0.05, 0) is 63.7 Å². The summed E-state index contributed by atoms with van der Waals surface area (Å²) in [7, 11) is 0. The van der Waals surface area contributed by atoms with E-state index < -0.39 is 0 Å². The van der Waals surface area contributed by atoms with E-state index in [2.05, 4.69) is 149 Å². The normalized spacial score (nSPS) is 10.8. The summed E-state index contributed by atoms with van der Waals surface area (Å²) >= 11 is 3.58. The minimum atomic E-state index is 0.973. The zero-order valence-electron chi connectivity index (χ0n) is 20.2. The Kier molecular flexibility index (Phi) is 6.49. The summed E-state index contributed by atoms with van der Waals surface area (Å²) in [5.74, 6) is 0. The molecule has 176 valence electrons. The van der Waals surface area contributed by atoms with Gasteiger partial charge in [0.2, 0.25) is 0 Å². The summed E-state index contributed by atoms with van der Waals surface area (Å²) in [5, 5.41) is 0. The Bertz CT molecular complexity index is 1600. The highest BCUT2D eigenvalue weighted by Crippen LogP contribution is 2.33. The first-order valence-corrected chi connectivity index (χ1v) is 13.1. The molecule has 2 heteroatoms. The van der Waals surface area contributed by atoms with Gasteiger partial charge in [0, 0.05) is 15.6 Å². The fourth-order valence-electron chi connectivity index (χ4n) is 4.61. The minimum absolute atomic E-state index is 0.973. The van der Waals surface area contributed by atoms with Gasteiger partial charge in [-0.3, -0.25) is 0 Å². The number of nitrogens with zero attached hydrogens (tertiary/aromatic N) is 1. The molecule has 1 nitrogen and oxygen atoms in total. The van der Waals surface area contributed by atoms with Gasteiger partial charge in [0.1, 0.15) is 0 Å². The molecule has 5 aromatic carbocycles. The second-order valence-electron chi connectivity index (χ2n) is 9.03. The van der Waals surface area contributed by atoms with Crippen molar-refractivity contribution in [1.29, 1.82) is 0 Å². The molecule has 1 aromatic heterocycles. The second kappa shape index (κ2) is 10.4. The average Bonchev–Trinajstić information content (AvgIpc) is 2.98. The average molecular weight is 538 g/mol. The van der Waals surface area contributed by atoms with Crippen LogP contribution in [0.15, 0.2) is 150 Å². The maximum atomic E-state index is 5.02. The number of hydrogen-bond acceptors (Lipinski definition) is 1. The van der Waals surface area contributed by atoms with E-state index in [9.17, 15) is 0 Å². The largest absolute Gasteiger partial charge is 0.248 e. The monoisotopic (exact) mass is 537 g/mol. The van der Waals surface area contributed by atoms with E-state index in [1.165, 1.54) is 27.8 Å². The second-order valence-corrected chi connectivity index (χ2v) is 9.94. The van der Waals surface area contributed by atoms with Gasteiger partial charge in [-0.15, -0.1) is 0 Å². The van der Waals surface area contributed by atoms with Crippen molar-refractivity contribution in [3.63, 3.8) is 0 Å². The molecule has 0 saturated heterocycles. The van der Waals surface area contributed by atoms with E-state index in [1.54, 1.807) is 0 Å². The quantitative estimate of drug-likeness (QED) is 0.213. The molecule has 0 aliphatic heterocycles. The molecule has 0 saturated carbocycles. The number of pyridine rings is 1. The third-order valence-electron chi connectivity index (χ3n) is 6.54. The van der Waals surface area contributed by atoms with Gasteiger partial charge < -0.3 is 0 Å². The van der Waals surface area contributed by atoms with Crippen LogP contribution < -0.4 is 0 Å². The number of halogens is 1. The summed E-state index contributed by atoms with van der Waals surface area (Å²) < 4.78 is 1.09. The summed E-state index contributed by atoms with van der Waals surface area (Å²) in [6.07, 6.45) is 0. The van der Waals surface area contributed by atoms with Crippen molar-refractivity contribution in [2.24, 2.45) is 0 Å². The molecule has 6 rings (SSSR count). The zero-order chi connectivity index (χ0) is 25.0. The molecular formula is C35H24BrN. The van der Waals surface area contributed by atoms with Crippen molar-refractivity contribution in [2.75, 3.05) is 0 Å². The number of hydrogen-bond donors (Lipinski definition) is 0. The molecular weight excluding hydrogens is 514 g/mol. The first-order valence-electron chi connectivity index (χ1n) is 12.3. The number of rotatable bonds is 5. The van der Waals surface area contributed by atoms with Crippen LogP contribution >= 0.6 is 15.9 Å². The fraction of sp³-hybridized carbons (Fsp3) is 0. The van der Waals surface area contributed by atoms with Crippen molar-refractivity contribution < 1.29 is 0 Å². The van der Waals surface area contributed by atoms with Crippen LogP contribution in [-0.4, -0.2) is 4.98 Å². The van der Waals surface area contributed by atoms with Crippen LogP contribution in [0.25, 0.3) is 55.9 Å². The van der Waals surface area contributed by atoms with Gasteiger partial charge in [-0.25, -0.2) is 4.98 Å². The molecule has 0 radical (unpaired) electrons. The van der Waals surface area contributed by atoms with E-state index in [4.69, 9.17) is 4.98 Å². The summed E-state index contributed by atoms with van der Waals surface area (Å²) in [5.41, 5.74) is 11.3. The highest BCUT2D eigenvalue weighted by atomic mass is 79.9. The van der Waals surface area contributed by atoms with Crippen LogP contribution in [0.4, 0.5) is 0 Å². The van der Waals surface area contributed by atoms with Crippen LogP contribution in [0.5, 0.6) is 0 Å². The van der Waals surface area contributed by atoms with Crippen LogP contribution in [0.3, 0.4) is 0 Å². The molecule has 0 spiro atoms. The van der Waals surface area contributed by atoms with Crippen molar-refractivity contribution in [2.45, 2.75) is 0 Å². The lowest BCUT2D eigenvalue weighted by Crippen LogP contribution is -1.91. The lowest BCUT2D eigenvalue weighted by atomic mass is 9.95. The SMILES string of the molecule is Brc1cccc(-c2ccc(-c3cccc(-c4cc(-c5ccccc5)nc(-c5ccccc5)c4)c3)cc2)c1. The van der Waals surface area contributed by atoms with E-state index in [0.29, 0.717) is 0 Å². The zero-order valence-corrected chi connectivity index (χ0v) is 21.8. The predicted octanol–water partition coefficient (Wildman–Crippen LogP) is 10.2.